The summed E-state index contributed by atoms with van der Waals surface area (Å²) >= 11 is 5.06. The zero-order chi connectivity index (χ0) is 13.1. The number of aromatic amines is 1. The van der Waals surface area contributed by atoms with Crippen LogP contribution in [0.4, 0.5) is 0 Å². The number of carbonyl (C=O) groups is 1. The second-order valence-electron chi connectivity index (χ2n) is 3.60. The molecule has 0 spiro atoms. The van der Waals surface area contributed by atoms with Gasteiger partial charge in [-0.1, -0.05) is 0 Å². The molecule has 0 saturated heterocycles. The lowest BCUT2D eigenvalue weighted by molar-refractivity contribution is -0.253. The molecule has 0 unspecified atom stereocenters. The van der Waals surface area contributed by atoms with Crippen molar-refractivity contribution < 1.29 is 20.0 Å². The van der Waals surface area contributed by atoms with E-state index in [0.717, 1.165) is 0 Å². The molecule has 1 aromatic carbocycles. The first kappa shape index (κ1) is 12.5. The lowest BCUT2D eigenvalue weighted by Gasteiger charge is -2.07. The first-order valence-electron chi connectivity index (χ1n) is 5.02. The van der Waals surface area contributed by atoms with Gasteiger partial charge in [0, 0.05) is 18.1 Å². The number of benzene rings is 1. The molecule has 0 atom stereocenters. The Labute approximate surface area is 107 Å². The Bertz CT molecular complexity index is 632. The number of H-pyrrole nitrogens is 1. The van der Waals surface area contributed by atoms with Gasteiger partial charge < -0.3 is 10.1 Å². The molecule has 0 aliphatic heterocycles. The normalized spacial score (nSPS) is 10.5. The molecule has 0 bridgehead atoms. The molecular formula is C11H10N2O4S. The number of hydrogen-bond acceptors (Lipinski definition) is 4. The van der Waals surface area contributed by atoms with Crippen LogP contribution in [0.1, 0.15) is 15.9 Å². The minimum atomic E-state index is -1.06. The van der Waals surface area contributed by atoms with E-state index in [9.17, 15) is 4.79 Å². The summed E-state index contributed by atoms with van der Waals surface area (Å²) < 4.78 is 2.08. The summed E-state index contributed by atoms with van der Waals surface area (Å²) in [6, 6.07) is 4.61. The van der Waals surface area contributed by atoms with E-state index in [1.165, 1.54) is 12.1 Å². The standard InChI is InChI=1S/C11H10N2O4S/c14-10(15)8-3-7(6-17-16)4-9(5-8)13-2-1-12-11(13)18/h1-5,16H,6H2,(H,12,18)(H,14,15). The number of imidazole rings is 1. The molecule has 1 heterocycles. The Morgan fingerprint density at radius 3 is 2.78 bits per heavy atom. The van der Waals surface area contributed by atoms with Crippen molar-refractivity contribution >= 4 is 18.2 Å². The van der Waals surface area contributed by atoms with Crippen molar-refractivity contribution in [2.45, 2.75) is 6.61 Å². The summed E-state index contributed by atoms with van der Waals surface area (Å²) in [5.41, 5.74) is 1.23. The van der Waals surface area contributed by atoms with Gasteiger partial charge in [0.25, 0.3) is 0 Å². The van der Waals surface area contributed by atoms with Crippen LogP contribution in [0.3, 0.4) is 0 Å². The van der Waals surface area contributed by atoms with Crippen molar-refractivity contribution in [2.75, 3.05) is 0 Å². The summed E-state index contributed by atoms with van der Waals surface area (Å²) in [5.74, 6) is -1.06. The van der Waals surface area contributed by atoms with E-state index >= 15 is 0 Å². The summed E-state index contributed by atoms with van der Waals surface area (Å²) in [7, 11) is 0. The molecule has 0 aliphatic carbocycles. The number of aromatic carboxylic acids is 1. The van der Waals surface area contributed by atoms with Gasteiger partial charge in [-0.2, -0.15) is 0 Å². The molecule has 0 amide bonds. The van der Waals surface area contributed by atoms with Crippen molar-refractivity contribution in [3.63, 3.8) is 0 Å². The summed E-state index contributed by atoms with van der Waals surface area (Å²) in [6.07, 6.45) is 3.34. The molecule has 0 radical (unpaired) electrons. The van der Waals surface area contributed by atoms with Gasteiger partial charge in [0.15, 0.2) is 4.77 Å². The lowest BCUT2D eigenvalue weighted by atomic mass is 10.1. The molecule has 7 heteroatoms. The molecular weight excluding hydrogens is 256 g/mol. The first-order chi connectivity index (χ1) is 8.61. The zero-order valence-electron chi connectivity index (χ0n) is 9.16. The van der Waals surface area contributed by atoms with Crippen LogP contribution in [0.25, 0.3) is 5.69 Å². The van der Waals surface area contributed by atoms with E-state index in [-0.39, 0.29) is 12.2 Å². The highest BCUT2D eigenvalue weighted by molar-refractivity contribution is 7.71. The lowest BCUT2D eigenvalue weighted by Crippen LogP contribution is -2.02. The maximum Gasteiger partial charge on any atom is 0.335 e. The number of rotatable bonds is 4. The van der Waals surface area contributed by atoms with Crippen LogP contribution in [-0.4, -0.2) is 25.9 Å². The maximum absolute atomic E-state index is 11.0. The second-order valence-corrected chi connectivity index (χ2v) is 3.99. The van der Waals surface area contributed by atoms with E-state index in [1.807, 2.05) is 0 Å². The number of aromatic nitrogens is 2. The predicted molar refractivity (Wildman–Crippen MR) is 65.3 cm³/mol. The molecule has 94 valence electrons. The van der Waals surface area contributed by atoms with Gasteiger partial charge in [0.1, 0.15) is 6.61 Å². The van der Waals surface area contributed by atoms with Crippen molar-refractivity contribution in [1.29, 1.82) is 0 Å². The fraction of sp³-hybridized carbons (Fsp3) is 0.0909. The summed E-state index contributed by atoms with van der Waals surface area (Å²) in [6.45, 7) is -0.0914. The molecule has 1 aromatic heterocycles. The van der Waals surface area contributed by atoms with Gasteiger partial charge in [-0.05, 0) is 36.0 Å². The average molecular weight is 266 g/mol. The van der Waals surface area contributed by atoms with Gasteiger partial charge in [-0.25, -0.2) is 9.68 Å². The van der Waals surface area contributed by atoms with Gasteiger partial charge in [0.2, 0.25) is 0 Å². The van der Waals surface area contributed by atoms with Gasteiger partial charge >= 0.3 is 5.97 Å². The van der Waals surface area contributed by atoms with Crippen LogP contribution in [0.5, 0.6) is 0 Å². The second kappa shape index (κ2) is 5.13. The highest BCUT2D eigenvalue weighted by Crippen LogP contribution is 2.16. The molecule has 0 fully saturated rings. The van der Waals surface area contributed by atoms with Crippen LogP contribution in [0.15, 0.2) is 30.6 Å². The van der Waals surface area contributed by atoms with E-state index < -0.39 is 5.97 Å². The van der Waals surface area contributed by atoms with E-state index in [2.05, 4.69) is 9.87 Å². The predicted octanol–water partition coefficient (Wildman–Crippen LogP) is 2.22. The Hall–Kier alpha value is -1.96. The molecule has 2 aromatic rings. The third-order valence-corrected chi connectivity index (χ3v) is 2.70. The quantitative estimate of drug-likeness (QED) is 0.448. The number of nitrogens with one attached hydrogen (secondary N) is 1. The molecule has 18 heavy (non-hydrogen) atoms. The first-order valence-corrected chi connectivity index (χ1v) is 5.42. The molecule has 6 nitrogen and oxygen atoms in total. The minimum Gasteiger partial charge on any atom is -0.478 e. The zero-order valence-corrected chi connectivity index (χ0v) is 9.98. The highest BCUT2D eigenvalue weighted by Gasteiger charge is 2.09. The summed E-state index contributed by atoms with van der Waals surface area (Å²) in [5, 5.41) is 17.5. The Morgan fingerprint density at radius 1 is 1.44 bits per heavy atom. The third-order valence-electron chi connectivity index (χ3n) is 2.38. The smallest absolute Gasteiger partial charge is 0.335 e. The van der Waals surface area contributed by atoms with Gasteiger partial charge in [-0.3, -0.25) is 9.82 Å². The Morgan fingerprint density at radius 2 is 2.22 bits per heavy atom. The number of hydrogen-bond donors (Lipinski definition) is 3. The topological polar surface area (TPSA) is 87.5 Å². The monoisotopic (exact) mass is 266 g/mol. The van der Waals surface area contributed by atoms with E-state index in [1.54, 1.807) is 23.0 Å². The van der Waals surface area contributed by atoms with Gasteiger partial charge in [-0.15, -0.1) is 0 Å². The third kappa shape index (κ3) is 2.48. The van der Waals surface area contributed by atoms with Crippen LogP contribution >= 0.6 is 12.2 Å². The van der Waals surface area contributed by atoms with Crippen LogP contribution in [0.2, 0.25) is 0 Å². The number of carboxylic acid groups (broad SMARTS) is 1. The summed E-state index contributed by atoms with van der Waals surface area (Å²) in [4.78, 5) is 17.9. The van der Waals surface area contributed by atoms with Crippen molar-refractivity contribution in [1.82, 2.24) is 9.55 Å². The van der Waals surface area contributed by atoms with Crippen molar-refractivity contribution in [3.8, 4) is 5.69 Å². The fourth-order valence-corrected chi connectivity index (χ4v) is 1.85. The van der Waals surface area contributed by atoms with Gasteiger partial charge in [0.05, 0.1) is 5.56 Å². The van der Waals surface area contributed by atoms with Crippen molar-refractivity contribution in [3.05, 3.63) is 46.5 Å². The Kier molecular flexibility index (Phi) is 3.56. The molecule has 2 rings (SSSR count). The molecule has 0 aliphatic rings. The SMILES string of the molecule is O=C(O)c1cc(COO)cc(-n2cc[nH]c2=S)c1. The minimum absolute atomic E-state index is 0.0914. The molecule has 0 saturated carbocycles. The molecule has 3 N–H and O–H groups in total. The fourth-order valence-electron chi connectivity index (χ4n) is 1.62. The van der Waals surface area contributed by atoms with E-state index in [4.69, 9.17) is 22.6 Å². The number of nitrogens with zero attached hydrogens (tertiary/aromatic N) is 1. The van der Waals surface area contributed by atoms with E-state index in [0.29, 0.717) is 16.0 Å². The highest BCUT2D eigenvalue weighted by atomic mass is 32.1. The van der Waals surface area contributed by atoms with Crippen LogP contribution in [-0.2, 0) is 11.5 Å². The largest absolute Gasteiger partial charge is 0.478 e. The maximum atomic E-state index is 11.0. The van der Waals surface area contributed by atoms with Crippen molar-refractivity contribution in [2.24, 2.45) is 0 Å². The van der Waals surface area contributed by atoms with Crippen LogP contribution in [0, 0.1) is 4.77 Å². The number of carboxylic acids is 1. The van der Waals surface area contributed by atoms with Crippen LogP contribution < -0.4 is 0 Å². The Balaban J connectivity index is 2.56. The average Bonchev–Trinajstić information content (AvgIpc) is 2.75.